The van der Waals surface area contributed by atoms with Gasteiger partial charge in [-0.2, -0.15) is 0 Å². The Morgan fingerprint density at radius 2 is 1.93 bits per heavy atom. The van der Waals surface area contributed by atoms with Crippen LogP contribution in [0.3, 0.4) is 0 Å². The molecule has 2 aromatic carbocycles. The Balaban J connectivity index is 1.81. The van der Waals surface area contributed by atoms with Crippen LogP contribution in [-0.4, -0.2) is 28.9 Å². The molecule has 4 rings (SSSR count). The molecule has 0 amide bonds. The van der Waals surface area contributed by atoms with E-state index in [4.69, 9.17) is 4.74 Å². The van der Waals surface area contributed by atoms with E-state index in [-0.39, 0.29) is 6.61 Å². The molecule has 0 aliphatic heterocycles. The first-order valence-corrected chi connectivity index (χ1v) is 9.68. The maximum atomic E-state index is 9.87. The number of aromatic nitrogens is 1. The van der Waals surface area contributed by atoms with Crippen molar-refractivity contribution in [2.24, 2.45) is 0 Å². The summed E-state index contributed by atoms with van der Waals surface area (Å²) in [6.07, 6.45) is -0.0739. The van der Waals surface area contributed by atoms with E-state index in [0.717, 1.165) is 44.8 Å². The molecule has 0 saturated carbocycles. The highest BCUT2D eigenvalue weighted by atomic mass is 32.1. The molecule has 0 saturated heterocycles. The average molecular weight is 379 g/mol. The maximum Gasteiger partial charge on any atom is 0.120 e. The molecule has 0 radical (unpaired) electrons. The standard InChI is InChI=1S/C22H21NO3S/c1-26-16-7-8-18-19(11-17-9-15(13-27-17)21(25)12-24)22(23-20(18)10-16)14-5-3-2-4-6-14/h2-10,13,21,23-25H,11-12H2,1H3. The molecule has 2 aromatic heterocycles. The SMILES string of the molecule is COc1ccc2c(Cc3cc(C(O)CO)cs3)c(-c3ccccc3)[nH]c2c1. The summed E-state index contributed by atoms with van der Waals surface area (Å²) in [5.41, 5.74) is 5.24. The molecule has 0 fully saturated rings. The summed E-state index contributed by atoms with van der Waals surface area (Å²) < 4.78 is 5.37. The molecule has 3 N–H and O–H groups in total. The van der Waals surface area contributed by atoms with Gasteiger partial charge in [0, 0.05) is 28.3 Å². The van der Waals surface area contributed by atoms with Gasteiger partial charge in [0.05, 0.1) is 19.4 Å². The van der Waals surface area contributed by atoms with E-state index in [9.17, 15) is 10.2 Å². The van der Waals surface area contributed by atoms with Crippen LogP contribution >= 0.6 is 11.3 Å². The van der Waals surface area contributed by atoms with Crippen LogP contribution in [-0.2, 0) is 6.42 Å². The monoisotopic (exact) mass is 379 g/mol. The van der Waals surface area contributed by atoms with Crippen molar-refractivity contribution in [1.82, 2.24) is 4.98 Å². The lowest BCUT2D eigenvalue weighted by Crippen LogP contribution is -2.00. The molecule has 0 bridgehead atoms. The largest absolute Gasteiger partial charge is 0.497 e. The molecule has 2 heterocycles. The van der Waals surface area contributed by atoms with E-state index in [2.05, 4.69) is 23.2 Å². The first-order chi connectivity index (χ1) is 13.2. The molecule has 5 heteroatoms. The molecular weight excluding hydrogens is 358 g/mol. The van der Waals surface area contributed by atoms with Crippen LogP contribution in [0.15, 0.2) is 60.0 Å². The third-order valence-electron chi connectivity index (χ3n) is 4.76. The summed E-state index contributed by atoms with van der Waals surface area (Å²) in [6.45, 7) is -0.266. The number of H-pyrrole nitrogens is 1. The molecule has 1 unspecified atom stereocenters. The van der Waals surface area contributed by atoms with Gasteiger partial charge in [-0.05, 0) is 40.3 Å². The summed E-state index contributed by atoms with van der Waals surface area (Å²) in [7, 11) is 1.67. The number of hydrogen-bond donors (Lipinski definition) is 3. The van der Waals surface area contributed by atoms with E-state index >= 15 is 0 Å². The highest BCUT2D eigenvalue weighted by molar-refractivity contribution is 7.10. The molecule has 138 valence electrons. The Hall–Kier alpha value is -2.60. The predicted octanol–water partition coefficient (Wildman–Crippen LogP) is 4.52. The van der Waals surface area contributed by atoms with Crippen LogP contribution in [0.5, 0.6) is 5.75 Å². The fraction of sp³-hybridized carbons (Fsp3) is 0.182. The van der Waals surface area contributed by atoms with Gasteiger partial charge in [-0.1, -0.05) is 30.3 Å². The zero-order valence-electron chi connectivity index (χ0n) is 15.0. The van der Waals surface area contributed by atoms with Gasteiger partial charge in [-0.25, -0.2) is 0 Å². The van der Waals surface area contributed by atoms with E-state index < -0.39 is 6.10 Å². The van der Waals surface area contributed by atoms with Crippen molar-refractivity contribution in [3.8, 4) is 17.0 Å². The lowest BCUT2D eigenvalue weighted by atomic mass is 10.0. The fourth-order valence-electron chi connectivity index (χ4n) is 3.34. The summed E-state index contributed by atoms with van der Waals surface area (Å²) in [4.78, 5) is 4.70. The number of aliphatic hydroxyl groups is 2. The van der Waals surface area contributed by atoms with Crippen LogP contribution < -0.4 is 4.74 Å². The highest BCUT2D eigenvalue weighted by Crippen LogP contribution is 2.35. The number of fused-ring (bicyclic) bond motifs is 1. The minimum atomic E-state index is -0.823. The second kappa shape index (κ2) is 7.56. The zero-order valence-corrected chi connectivity index (χ0v) is 15.8. The van der Waals surface area contributed by atoms with Crippen molar-refractivity contribution < 1.29 is 14.9 Å². The number of ether oxygens (including phenoxy) is 1. The Kier molecular flexibility index (Phi) is 4.99. The van der Waals surface area contributed by atoms with Crippen molar-refractivity contribution in [2.75, 3.05) is 13.7 Å². The van der Waals surface area contributed by atoms with E-state index in [1.165, 1.54) is 5.56 Å². The van der Waals surface area contributed by atoms with Gasteiger partial charge >= 0.3 is 0 Å². The molecule has 0 spiro atoms. The van der Waals surface area contributed by atoms with Gasteiger partial charge in [0.25, 0.3) is 0 Å². The number of aromatic amines is 1. The van der Waals surface area contributed by atoms with Gasteiger partial charge in [0.15, 0.2) is 0 Å². The van der Waals surface area contributed by atoms with E-state index in [1.54, 1.807) is 18.4 Å². The molecule has 4 nitrogen and oxygen atoms in total. The second-order valence-electron chi connectivity index (χ2n) is 6.48. The molecule has 1 atom stereocenters. The third kappa shape index (κ3) is 3.49. The number of benzene rings is 2. The summed E-state index contributed by atoms with van der Waals surface area (Å²) >= 11 is 1.60. The first kappa shape index (κ1) is 17.8. The van der Waals surface area contributed by atoms with Crippen molar-refractivity contribution >= 4 is 22.2 Å². The number of thiophene rings is 1. The second-order valence-corrected chi connectivity index (χ2v) is 7.47. The number of nitrogens with one attached hydrogen (secondary N) is 1. The number of rotatable bonds is 6. The van der Waals surface area contributed by atoms with Crippen LogP contribution in [0.2, 0.25) is 0 Å². The fourth-order valence-corrected chi connectivity index (χ4v) is 4.29. The van der Waals surface area contributed by atoms with Crippen LogP contribution in [0, 0.1) is 0 Å². The van der Waals surface area contributed by atoms with Gasteiger partial charge in [0.2, 0.25) is 0 Å². The number of hydrogen-bond acceptors (Lipinski definition) is 4. The summed E-state index contributed by atoms with van der Waals surface area (Å²) in [5.74, 6) is 0.819. The van der Waals surface area contributed by atoms with E-state index in [0.29, 0.717) is 0 Å². The Morgan fingerprint density at radius 3 is 2.67 bits per heavy atom. The van der Waals surface area contributed by atoms with Crippen LogP contribution in [0.25, 0.3) is 22.2 Å². The summed E-state index contributed by atoms with van der Waals surface area (Å²) in [5, 5.41) is 22.1. The lowest BCUT2D eigenvalue weighted by molar-refractivity contribution is 0.0959. The normalized spacial score (nSPS) is 12.4. The molecule has 27 heavy (non-hydrogen) atoms. The summed E-state index contributed by atoms with van der Waals surface area (Å²) in [6, 6.07) is 18.3. The first-order valence-electron chi connectivity index (χ1n) is 8.80. The topological polar surface area (TPSA) is 65.5 Å². The molecule has 0 aliphatic carbocycles. The maximum absolute atomic E-state index is 9.87. The minimum absolute atomic E-state index is 0.266. The number of aliphatic hydroxyl groups excluding tert-OH is 2. The van der Waals surface area contributed by atoms with Crippen molar-refractivity contribution in [3.05, 3.63) is 76.0 Å². The molecular formula is C22H21NO3S. The van der Waals surface area contributed by atoms with Gasteiger partial charge < -0.3 is 19.9 Å². The highest BCUT2D eigenvalue weighted by Gasteiger charge is 2.16. The predicted molar refractivity (Wildman–Crippen MR) is 109 cm³/mol. The van der Waals surface area contributed by atoms with Gasteiger partial charge in [-0.3, -0.25) is 0 Å². The quantitative estimate of drug-likeness (QED) is 0.461. The van der Waals surface area contributed by atoms with Crippen molar-refractivity contribution in [2.45, 2.75) is 12.5 Å². The minimum Gasteiger partial charge on any atom is -0.497 e. The van der Waals surface area contributed by atoms with Crippen molar-refractivity contribution in [3.63, 3.8) is 0 Å². The molecule has 4 aromatic rings. The Labute approximate surface area is 161 Å². The van der Waals surface area contributed by atoms with E-state index in [1.807, 2.05) is 41.8 Å². The van der Waals surface area contributed by atoms with Crippen LogP contribution in [0.1, 0.15) is 22.1 Å². The Bertz CT molecular complexity index is 1050. The molecule has 0 aliphatic rings. The zero-order chi connectivity index (χ0) is 18.8. The number of methoxy groups -OCH3 is 1. The van der Waals surface area contributed by atoms with Crippen LogP contribution in [0.4, 0.5) is 0 Å². The van der Waals surface area contributed by atoms with Crippen molar-refractivity contribution in [1.29, 1.82) is 0 Å². The lowest BCUT2D eigenvalue weighted by Gasteiger charge is -2.05. The van der Waals surface area contributed by atoms with Gasteiger partial charge in [-0.15, -0.1) is 11.3 Å². The smallest absolute Gasteiger partial charge is 0.120 e. The Morgan fingerprint density at radius 1 is 1.11 bits per heavy atom. The average Bonchev–Trinajstić information content (AvgIpc) is 3.33. The third-order valence-corrected chi connectivity index (χ3v) is 5.71. The van der Waals surface area contributed by atoms with Gasteiger partial charge in [0.1, 0.15) is 11.9 Å².